The van der Waals surface area contributed by atoms with E-state index in [0.29, 0.717) is 0 Å². The third-order valence-electron chi connectivity index (χ3n) is 5.28. The summed E-state index contributed by atoms with van der Waals surface area (Å²) in [5, 5.41) is 5.65. The van der Waals surface area contributed by atoms with E-state index in [4.69, 9.17) is 9.72 Å². The van der Waals surface area contributed by atoms with E-state index >= 15 is 0 Å². The SMILES string of the molecule is Cc1cnc(-c2cc(-c3ccc(C4CCCO4)s3)nc3nn(C)c(C)c23)cn1. The van der Waals surface area contributed by atoms with E-state index in [2.05, 4.69) is 40.2 Å². The van der Waals surface area contributed by atoms with Gasteiger partial charge in [0.25, 0.3) is 0 Å². The molecule has 28 heavy (non-hydrogen) atoms. The van der Waals surface area contributed by atoms with Crippen LogP contribution < -0.4 is 0 Å². The van der Waals surface area contributed by atoms with Crippen molar-refractivity contribution in [3.05, 3.63) is 46.9 Å². The lowest BCUT2D eigenvalue weighted by Gasteiger charge is -2.07. The Hall–Kier alpha value is -2.64. The maximum atomic E-state index is 5.84. The van der Waals surface area contributed by atoms with Crippen LogP contribution in [0, 0.1) is 13.8 Å². The van der Waals surface area contributed by atoms with Gasteiger partial charge >= 0.3 is 0 Å². The van der Waals surface area contributed by atoms with Crippen LogP contribution >= 0.6 is 11.3 Å². The van der Waals surface area contributed by atoms with Crippen molar-refractivity contribution in [2.24, 2.45) is 7.05 Å². The standard InChI is InChI=1S/C21H21N5OS/c1-12-10-23-16(11-22-12)14-9-15(24-21-20(14)13(2)26(3)25-21)18-6-7-19(28-18)17-5-4-8-27-17/h6-7,9-11,17H,4-5,8H2,1-3H3. The van der Waals surface area contributed by atoms with Crippen molar-refractivity contribution >= 4 is 22.4 Å². The van der Waals surface area contributed by atoms with Gasteiger partial charge in [0.1, 0.15) is 0 Å². The zero-order valence-corrected chi connectivity index (χ0v) is 17.0. The first kappa shape index (κ1) is 17.5. The number of hydrogen-bond donors (Lipinski definition) is 0. The molecule has 0 aromatic carbocycles. The number of aromatic nitrogens is 5. The molecule has 5 rings (SSSR count). The van der Waals surface area contributed by atoms with Gasteiger partial charge in [0.2, 0.25) is 0 Å². The number of fused-ring (bicyclic) bond motifs is 1. The molecule has 0 radical (unpaired) electrons. The van der Waals surface area contributed by atoms with E-state index in [1.165, 1.54) is 4.88 Å². The van der Waals surface area contributed by atoms with Crippen LogP contribution in [0.15, 0.2) is 30.6 Å². The van der Waals surface area contributed by atoms with Gasteiger partial charge in [0, 0.05) is 36.0 Å². The highest BCUT2D eigenvalue weighted by Gasteiger charge is 2.21. The highest BCUT2D eigenvalue weighted by atomic mass is 32.1. The Morgan fingerprint density at radius 1 is 1.14 bits per heavy atom. The predicted molar refractivity (Wildman–Crippen MR) is 110 cm³/mol. The lowest BCUT2D eigenvalue weighted by atomic mass is 10.1. The van der Waals surface area contributed by atoms with Crippen LogP contribution in [0.2, 0.25) is 0 Å². The fourth-order valence-electron chi connectivity index (χ4n) is 3.67. The molecular formula is C21H21N5OS. The zero-order chi connectivity index (χ0) is 19.3. The summed E-state index contributed by atoms with van der Waals surface area (Å²) in [6.07, 6.45) is 6.07. The van der Waals surface area contributed by atoms with Crippen molar-refractivity contribution in [3.63, 3.8) is 0 Å². The van der Waals surface area contributed by atoms with Gasteiger partial charge in [-0.2, -0.15) is 5.10 Å². The quantitative estimate of drug-likeness (QED) is 0.510. The zero-order valence-electron chi connectivity index (χ0n) is 16.1. The van der Waals surface area contributed by atoms with Crippen LogP contribution in [-0.4, -0.2) is 31.3 Å². The Bertz CT molecular complexity index is 1160. The number of rotatable bonds is 3. The van der Waals surface area contributed by atoms with Gasteiger partial charge in [-0.15, -0.1) is 11.3 Å². The number of pyridine rings is 1. The summed E-state index contributed by atoms with van der Waals surface area (Å²) in [6, 6.07) is 6.41. The Balaban J connectivity index is 1.67. The van der Waals surface area contributed by atoms with Gasteiger partial charge in [-0.1, -0.05) is 0 Å². The van der Waals surface area contributed by atoms with Crippen molar-refractivity contribution < 1.29 is 4.74 Å². The van der Waals surface area contributed by atoms with Crippen molar-refractivity contribution in [2.45, 2.75) is 32.8 Å². The first-order valence-corrected chi connectivity index (χ1v) is 10.3. The summed E-state index contributed by atoms with van der Waals surface area (Å²) in [5.74, 6) is 0. The molecule has 1 aliphatic heterocycles. The molecule has 1 saturated heterocycles. The Morgan fingerprint density at radius 2 is 2.04 bits per heavy atom. The van der Waals surface area contributed by atoms with Crippen molar-refractivity contribution in [1.29, 1.82) is 0 Å². The fraction of sp³-hybridized carbons (Fsp3) is 0.333. The average molecular weight is 392 g/mol. The number of ether oxygens (including phenoxy) is 1. The number of aryl methyl sites for hydroxylation is 3. The maximum Gasteiger partial charge on any atom is 0.182 e. The lowest BCUT2D eigenvalue weighted by Crippen LogP contribution is -1.93. The Labute approximate surface area is 167 Å². The smallest absolute Gasteiger partial charge is 0.182 e. The fourth-order valence-corrected chi connectivity index (χ4v) is 4.72. The van der Waals surface area contributed by atoms with Crippen LogP contribution in [0.25, 0.3) is 32.9 Å². The largest absolute Gasteiger partial charge is 0.373 e. The normalized spacial score (nSPS) is 16.9. The molecule has 5 heterocycles. The average Bonchev–Trinajstić information content (AvgIpc) is 3.43. The molecule has 4 aromatic rings. The first-order valence-electron chi connectivity index (χ1n) is 9.45. The molecule has 6 nitrogen and oxygen atoms in total. The molecule has 7 heteroatoms. The summed E-state index contributed by atoms with van der Waals surface area (Å²) in [4.78, 5) is 16.3. The van der Waals surface area contributed by atoms with E-state index in [9.17, 15) is 0 Å². The van der Waals surface area contributed by atoms with Crippen molar-refractivity contribution in [3.8, 4) is 21.8 Å². The minimum atomic E-state index is 0.224. The molecule has 0 N–H and O–H groups in total. The maximum absolute atomic E-state index is 5.84. The van der Waals surface area contributed by atoms with Crippen LogP contribution in [-0.2, 0) is 11.8 Å². The van der Waals surface area contributed by atoms with Gasteiger partial charge in [-0.25, -0.2) is 4.98 Å². The molecule has 1 fully saturated rings. The molecular weight excluding hydrogens is 370 g/mol. The molecule has 1 unspecified atom stereocenters. The molecule has 0 spiro atoms. The number of thiophene rings is 1. The van der Waals surface area contributed by atoms with E-state index in [0.717, 1.165) is 63.7 Å². The van der Waals surface area contributed by atoms with Crippen LogP contribution in [0.5, 0.6) is 0 Å². The van der Waals surface area contributed by atoms with Gasteiger partial charge < -0.3 is 4.74 Å². The Kier molecular flexibility index (Phi) is 4.21. The molecule has 0 amide bonds. The molecule has 142 valence electrons. The molecule has 1 aliphatic rings. The summed E-state index contributed by atoms with van der Waals surface area (Å²) in [5.41, 5.74) is 5.48. The highest BCUT2D eigenvalue weighted by Crippen LogP contribution is 2.39. The van der Waals surface area contributed by atoms with E-state index in [1.807, 2.05) is 24.9 Å². The molecule has 1 atom stereocenters. The van der Waals surface area contributed by atoms with E-state index < -0.39 is 0 Å². The van der Waals surface area contributed by atoms with Gasteiger partial charge in [0.05, 0.1) is 39.6 Å². The first-order chi connectivity index (χ1) is 13.6. The monoisotopic (exact) mass is 391 g/mol. The van der Waals surface area contributed by atoms with Crippen LogP contribution in [0.3, 0.4) is 0 Å². The van der Waals surface area contributed by atoms with Gasteiger partial charge in [0.15, 0.2) is 5.65 Å². The number of hydrogen-bond acceptors (Lipinski definition) is 6. The lowest BCUT2D eigenvalue weighted by molar-refractivity contribution is 0.114. The second-order valence-electron chi connectivity index (χ2n) is 7.21. The minimum absolute atomic E-state index is 0.224. The molecule has 0 saturated carbocycles. The van der Waals surface area contributed by atoms with Gasteiger partial charge in [-0.05, 0) is 44.9 Å². The van der Waals surface area contributed by atoms with Gasteiger partial charge in [-0.3, -0.25) is 14.6 Å². The third-order valence-corrected chi connectivity index (χ3v) is 6.48. The Morgan fingerprint density at radius 3 is 2.79 bits per heavy atom. The summed E-state index contributed by atoms with van der Waals surface area (Å²) >= 11 is 1.75. The van der Waals surface area contributed by atoms with E-state index in [-0.39, 0.29) is 6.10 Å². The van der Waals surface area contributed by atoms with E-state index in [1.54, 1.807) is 17.5 Å². The highest BCUT2D eigenvalue weighted by molar-refractivity contribution is 7.15. The minimum Gasteiger partial charge on any atom is -0.373 e. The number of nitrogens with zero attached hydrogens (tertiary/aromatic N) is 5. The third kappa shape index (κ3) is 2.91. The molecule has 0 bridgehead atoms. The summed E-state index contributed by atoms with van der Waals surface area (Å²) in [6.45, 7) is 4.85. The molecule has 4 aromatic heterocycles. The summed E-state index contributed by atoms with van der Waals surface area (Å²) in [7, 11) is 1.95. The molecule has 0 aliphatic carbocycles. The predicted octanol–water partition coefficient (Wildman–Crippen LogP) is 4.62. The van der Waals surface area contributed by atoms with Crippen molar-refractivity contribution in [1.82, 2.24) is 24.7 Å². The second-order valence-corrected chi connectivity index (χ2v) is 8.32. The summed E-state index contributed by atoms with van der Waals surface area (Å²) < 4.78 is 7.71. The second kappa shape index (κ2) is 6.76. The topological polar surface area (TPSA) is 65.7 Å². The van der Waals surface area contributed by atoms with Crippen LogP contribution in [0.4, 0.5) is 0 Å². The van der Waals surface area contributed by atoms with Crippen LogP contribution in [0.1, 0.15) is 35.2 Å². The van der Waals surface area contributed by atoms with Crippen molar-refractivity contribution in [2.75, 3.05) is 6.61 Å².